The molecular formula is C12H10F3N5S. The first kappa shape index (κ1) is 13.8. The van der Waals surface area contributed by atoms with Crippen LogP contribution in [-0.2, 0) is 12.7 Å². The van der Waals surface area contributed by atoms with Gasteiger partial charge >= 0.3 is 6.18 Å². The zero-order valence-corrected chi connectivity index (χ0v) is 11.7. The van der Waals surface area contributed by atoms with E-state index in [0.717, 1.165) is 10.1 Å². The Morgan fingerprint density at radius 2 is 2.05 bits per heavy atom. The number of thiophene rings is 1. The minimum Gasteiger partial charge on any atom is -0.354 e. The molecule has 0 saturated carbocycles. The molecule has 0 saturated heterocycles. The van der Waals surface area contributed by atoms with Crippen molar-refractivity contribution in [2.45, 2.75) is 12.7 Å². The maximum absolute atomic E-state index is 12.8. The predicted octanol–water partition coefficient (Wildman–Crippen LogP) is 2.84. The van der Waals surface area contributed by atoms with Gasteiger partial charge in [-0.1, -0.05) is 0 Å². The molecule has 0 aliphatic carbocycles. The van der Waals surface area contributed by atoms with E-state index in [0.29, 0.717) is 12.4 Å². The van der Waals surface area contributed by atoms with Crippen molar-refractivity contribution in [3.63, 3.8) is 0 Å². The third kappa shape index (κ3) is 2.68. The quantitative estimate of drug-likeness (QED) is 0.746. The molecule has 0 aliphatic rings. The second kappa shape index (κ2) is 4.99. The maximum Gasteiger partial charge on any atom is 0.453 e. The molecule has 0 aromatic carbocycles. The van der Waals surface area contributed by atoms with E-state index in [1.54, 1.807) is 29.4 Å². The van der Waals surface area contributed by atoms with Crippen LogP contribution in [0.3, 0.4) is 0 Å². The van der Waals surface area contributed by atoms with Gasteiger partial charge in [0, 0.05) is 13.6 Å². The van der Waals surface area contributed by atoms with Crippen molar-refractivity contribution < 1.29 is 13.2 Å². The lowest BCUT2D eigenvalue weighted by molar-refractivity contribution is -0.146. The first-order valence-electron chi connectivity index (χ1n) is 5.97. The van der Waals surface area contributed by atoms with Gasteiger partial charge in [-0.15, -0.1) is 15.3 Å². The Kier molecular flexibility index (Phi) is 3.28. The van der Waals surface area contributed by atoms with Gasteiger partial charge in [0.05, 0.1) is 0 Å². The highest BCUT2D eigenvalue weighted by Gasteiger charge is 2.37. The number of anilines is 1. The van der Waals surface area contributed by atoms with E-state index >= 15 is 0 Å². The van der Waals surface area contributed by atoms with Crippen LogP contribution in [0.4, 0.5) is 19.0 Å². The molecule has 0 N–H and O–H groups in total. The summed E-state index contributed by atoms with van der Waals surface area (Å²) >= 11 is 1.57. The van der Waals surface area contributed by atoms with Gasteiger partial charge < -0.3 is 4.90 Å². The first-order chi connectivity index (χ1) is 9.95. The van der Waals surface area contributed by atoms with Gasteiger partial charge in [0.2, 0.25) is 0 Å². The van der Waals surface area contributed by atoms with Crippen LogP contribution < -0.4 is 4.90 Å². The fourth-order valence-electron chi connectivity index (χ4n) is 1.90. The van der Waals surface area contributed by atoms with Gasteiger partial charge in [0.25, 0.3) is 5.82 Å². The molecule has 5 nitrogen and oxygen atoms in total. The summed E-state index contributed by atoms with van der Waals surface area (Å²) in [5.74, 6) is -0.706. The van der Waals surface area contributed by atoms with Crippen molar-refractivity contribution in [2.75, 3.05) is 11.9 Å². The van der Waals surface area contributed by atoms with Crippen molar-refractivity contribution in [3.05, 3.63) is 40.3 Å². The van der Waals surface area contributed by atoms with Crippen LogP contribution in [0.25, 0.3) is 5.65 Å². The number of nitrogens with zero attached hydrogens (tertiary/aromatic N) is 5. The number of hydrogen-bond acceptors (Lipinski definition) is 5. The molecule has 9 heteroatoms. The van der Waals surface area contributed by atoms with Crippen LogP contribution in [0.15, 0.2) is 29.0 Å². The van der Waals surface area contributed by atoms with Gasteiger partial charge in [-0.3, -0.25) is 0 Å². The Morgan fingerprint density at radius 1 is 1.24 bits per heavy atom. The Bertz CT molecular complexity index is 750. The average Bonchev–Trinajstić information content (AvgIpc) is 3.05. The molecule has 0 atom stereocenters. The van der Waals surface area contributed by atoms with Gasteiger partial charge in [-0.25, -0.2) is 0 Å². The van der Waals surface area contributed by atoms with Crippen LogP contribution in [-0.4, -0.2) is 26.9 Å². The minimum atomic E-state index is -4.59. The van der Waals surface area contributed by atoms with Gasteiger partial charge in [-0.2, -0.15) is 29.0 Å². The molecule has 3 aromatic rings. The van der Waals surface area contributed by atoms with Crippen LogP contribution >= 0.6 is 11.3 Å². The summed E-state index contributed by atoms with van der Waals surface area (Å²) in [4.78, 5) is 1.77. The van der Waals surface area contributed by atoms with Crippen LogP contribution in [0, 0.1) is 0 Å². The van der Waals surface area contributed by atoms with Crippen LogP contribution in [0.2, 0.25) is 0 Å². The number of fused-ring (bicyclic) bond motifs is 1. The molecule has 0 amide bonds. The summed E-state index contributed by atoms with van der Waals surface area (Å²) < 4.78 is 39.2. The largest absolute Gasteiger partial charge is 0.453 e. The van der Waals surface area contributed by atoms with E-state index in [-0.39, 0.29) is 5.65 Å². The van der Waals surface area contributed by atoms with Crippen molar-refractivity contribution >= 4 is 22.8 Å². The summed E-state index contributed by atoms with van der Waals surface area (Å²) in [7, 11) is 1.77. The minimum absolute atomic E-state index is 0.0648. The third-order valence-corrected chi connectivity index (χ3v) is 3.63. The number of rotatable bonds is 3. The Labute approximate surface area is 121 Å². The fraction of sp³-hybridized carbons (Fsp3) is 0.250. The molecule has 0 aliphatic heterocycles. The Morgan fingerprint density at radius 3 is 2.71 bits per heavy atom. The topological polar surface area (TPSA) is 46.3 Å². The van der Waals surface area contributed by atoms with Gasteiger partial charge in [0.1, 0.15) is 5.82 Å². The molecule has 0 unspecified atom stereocenters. The number of alkyl halides is 3. The number of hydrogen-bond donors (Lipinski definition) is 0. The second-order valence-corrected chi connectivity index (χ2v) is 5.25. The van der Waals surface area contributed by atoms with Crippen molar-refractivity contribution in [1.29, 1.82) is 0 Å². The maximum atomic E-state index is 12.8. The summed E-state index contributed by atoms with van der Waals surface area (Å²) in [5, 5.41) is 14.5. The van der Waals surface area contributed by atoms with E-state index in [1.807, 2.05) is 16.8 Å². The summed E-state index contributed by atoms with van der Waals surface area (Å²) in [5.41, 5.74) is 1.14. The fourth-order valence-corrected chi connectivity index (χ4v) is 2.56. The molecule has 0 fully saturated rings. The monoisotopic (exact) mass is 313 g/mol. The first-order valence-corrected chi connectivity index (χ1v) is 6.91. The van der Waals surface area contributed by atoms with Gasteiger partial charge in [0.15, 0.2) is 5.65 Å². The SMILES string of the molecule is CN(Cc1ccsc1)c1ccc2nnc(C(F)(F)F)n2n1. The number of halogens is 3. The van der Waals surface area contributed by atoms with Crippen LogP contribution in [0.5, 0.6) is 0 Å². The molecule has 3 heterocycles. The van der Waals surface area contributed by atoms with Crippen molar-refractivity contribution in [2.24, 2.45) is 0 Å². The highest BCUT2D eigenvalue weighted by atomic mass is 32.1. The summed E-state index contributed by atoms with van der Waals surface area (Å²) in [6.07, 6.45) is -4.59. The molecule has 0 radical (unpaired) electrons. The van der Waals surface area contributed by atoms with E-state index in [2.05, 4.69) is 15.3 Å². The Hall–Kier alpha value is -2.16. The molecule has 3 rings (SSSR count). The van der Waals surface area contributed by atoms with E-state index in [9.17, 15) is 13.2 Å². The second-order valence-electron chi connectivity index (χ2n) is 4.47. The molecule has 21 heavy (non-hydrogen) atoms. The van der Waals surface area contributed by atoms with Crippen LogP contribution in [0.1, 0.15) is 11.4 Å². The molecular weight excluding hydrogens is 303 g/mol. The average molecular weight is 313 g/mol. The zero-order chi connectivity index (χ0) is 15.0. The zero-order valence-electron chi connectivity index (χ0n) is 10.9. The lowest BCUT2D eigenvalue weighted by Crippen LogP contribution is -2.19. The molecule has 3 aromatic heterocycles. The molecule has 110 valence electrons. The highest BCUT2D eigenvalue weighted by molar-refractivity contribution is 7.07. The molecule has 0 bridgehead atoms. The number of aromatic nitrogens is 4. The van der Waals surface area contributed by atoms with E-state index in [4.69, 9.17) is 0 Å². The lowest BCUT2D eigenvalue weighted by atomic mass is 10.3. The summed E-state index contributed by atoms with van der Waals surface area (Å²) in [6, 6.07) is 5.05. The Balaban J connectivity index is 1.96. The van der Waals surface area contributed by atoms with E-state index < -0.39 is 12.0 Å². The third-order valence-electron chi connectivity index (χ3n) is 2.89. The standard InChI is InChI=1S/C12H10F3N5S/c1-19(6-8-4-5-21-7-8)10-3-2-9-16-17-11(12(13,14)15)20(9)18-10/h2-5,7H,6H2,1H3. The summed E-state index contributed by atoms with van der Waals surface area (Å²) in [6.45, 7) is 0.561. The highest BCUT2D eigenvalue weighted by Crippen LogP contribution is 2.28. The smallest absolute Gasteiger partial charge is 0.354 e. The van der Waals surface area contributed by atoms with Crippen molar-refractivity contribution in [3.8, 4) is 0 Å². The predicted molar refractivity (Wildman–Crippen MR) is 72.2 cm³/mol. The molecule has 0 spiro atoms. The van der Waals surface area contributed by atoms with E-state index in [1.165, 1.54) is 6.07 Å². The lowest BCUT2D eigenvalue weighted by Gasteiger charge is -2.17. The van der Waals surface area contributed by atoms with Crippen molar-refractivity contribution in [1.82, 2.24) is 19.8 Å². The normalized spacial score (nSPS) is 12.0. The van der Waals surface area contributed by atoms with Gasteiger partial charge in [-0.05, 0) is 34.5 Å².